The Morgan fingerprint density at radius 3 is 2.64 bits per heavy atom. The first-order valence-corrected chi connectivity index (χ1v) is 7.67. The molecule has 2 N–H and O–H groups in total. The van der Waals surface area contributed by atoms with E-state index < -0.39 is 0 Å². The van der Waals surface area contributed by atoms with E-state index in [9.17, 15) is 4.79 Å². The summed E-state index contributed by atoms with van der Waals surface area (Å²) in [5.41, 5.74) is 1.34. The zero-order chi connectivity index (χ0) is 16.1. The van der Waals surface area contributed by atoms with E-state index in [1.807, 2.05) is 13.8 Å². The predicted octanol–water partition coefficient (Wildman–Crippen LogP) is 5.12. The molecule has 0 unspecified atom stereocenters. The van der Waals surface area contributed by atoms with Crippen molar-refractivity contribution in [2.45, 2.75) is 20.3 Å². The molecule has 22 heavy (non-hydrogen) atoms. The van der Waals surface area contributed by atoms with Crippen LogP contribution in [0.25, 0.3) is 0 Å². The SMILES string of the molecule is CC(C)CC(=O)Nc1ccc(Nc2cc(Cl)ccc2Cl)nc1. The van der Waals surface area contributed by atoms with Crippen molar-refractivity contribution >= 4 is 46.3 Å². The number of hydrogen-bond donors (Lipinski definition) is 2. The van der Waals surface area contributed by atoms with Crippen LogP contribution < -0.4 is 10.6 Å². The molecule has 4 nitrogen and oxygen atoms in total. The van der Waals surface area contributed by atoms with E-state index >= 15 is 0 Å². The highest BCUT2D eigenvalue weighted by molar-refractivity contribution is 6.35. The van der Waals surface area contributed by atoms with Crippen LogP contribution in [0.15, 0.2) is 36.5 Å². The molecule has 2 aromatic rings. The molecule has 0 bridgehead atoms. The van der Waals surface area contributed by atoms with Gasteiger partial charge in [0, 0.05) is 11.4 Å². The highest BCUT2D eigenvalue weighted by atomic mass is 35.5. The lowest BCUT2D eigenvalue weighted by Gasteiger charge is -2.10. The van der Waals surface area contributed by atoms with Crippen molar-refractivity contribution in [2.24, 2.45) is 5.92 Å². The maximum absolute atomic E-state index is 11.7. The Bertz CT molecular complexity index is 657. The first kappa shape index (κ1) is 16.6. The van der Waals surface area contributed by atoms with Gasteiger partial charge in [0.05, 0.1) is 22.6 Å². The van der Waals surface area contributed by atoms with Gasteiger partial charge in [-0.15, -0.1) is 0 Å². The lowest BCUT2D eigenvalue weighted by Crippen LogP contribution is -2.13. The third-order valence-electron chi connectivity index (χ3n) is 2.83. The fourth-order valence-electron chi connectivity index (χ4n) is 1.86. The van der Waals surface area contributed by atoms with Crippen molar-refractivity contribution in [3.63, 3.8) is 0 Å². The normalized spacial score (nSPS) is 10.6. The summed E-state index contributed by atoms with van der Waals surface area (Å²) in [7, 11) is 0. The fourth-order valence-corrected chi connectivity index (χ4v) is 2.19. The molecular weight excluding hydrogens is 321 g/mol. The molecule has 1 aromatic carbocycles. The van der Waals surface area contributed by atoms with Gasteiger partial charge in [0.1, 0.15) is 5.82 Å². The minimum absolute atomic E-state index is 0.0182. The average molecular weight is 338 g/mol. The third kappa shape index (κ3) is 4.90. The molecule has 0 spiro atoms. The summed E-state index contributed by atoms with van der Waals surface area (Å²) in [5.74, 6) is 0.917. The van der Waals surface area contributed by atoms with E-state index in [0.717, 1.165) is 0 Å². The topological polar surface area (TPSA) is 54.0 Å². The summed E-state index contributed by atoms with van der Waals surface area (Å²) < 4.78 is 0. The van der Waals surface area contributed by atoms with Crippen LogP contribution in [-0.4, -0.2) is 10.9 Å². The van der Waals surface area contributed by atoms with E-state index in [1.54, 1.807) is 36.5 Å². The molecule has 1 aromatic heterocycles. The number of aromatic nitrogens is 1. The van der Waals surface area contributed by atoms with Crippen LogP contribution >= 0.6 is 23.2 Å². The first-order valence-electron chi connectivity index (χ1n) is 6.92. The molecule has 1 amide bonds. The van der Waals surface area contributed by atoms with Gasteiger partial charge in [0.25, 0.3) is 0 Å². The highest BCUT2D eigenvalue weighted by Gasteiger charge is 2.06. The standard InChI is InChI=1S/C16H17Cl2N3O/c1-10(2)7-16(22)20-12-4-6-15(19-9-12)21-14-8-11(17)3-5-13(14)18/h3-6,8-10H,7H2,1-2H3,(H,19,21)(H,20,22). The summed E-state index contributed by atoms with van der Waals surface area (Å²) in [6.45, 7) is 4.00. The molecule has 1 heterocycles. The minimum atomic E-state index is -0.0182. The van der Waals surface area contributed by atoms with Crippen LogP contribution in [0, 0.1) is 5.92 Å². The molecule has 0 radical (unpaired) electrons. The monoisotopic (exact) mass is 337 g/mol. The van der Waals surface area contributed by atoms with Crippen molar-refractivity contribution in [1.29, 1.82) is 0 Å². The van der Waals surface area contributed by atoms with Crippen LogP contribution in [0.3, 0.4) is 0 Å². The lowest BCUT2D eigenvalue weighted by atomic mass is 10.1. The van der Waals surface area contributed by atoms with Gasteiger partial charge in [0.15, 0.2) is 0 Å². The fraction of sp³-hybridized carbons (Fsp3) is 0.250. The van der Waals surface area contributed by atoms with Crippen LogP contribution in [0.2, 0.25) is 10.0 Å². The Morgan fingerprint density at radius 2 is 2.00 bits per heavy atom. The molecule has 0 fully saturated rings. The van der Waals surface area contributed by atoms with Gasteiger partial charge >= 0.3 is 0 Å². The number of hydrogen-bond acceptors (Lipinski definition) is 3. The zero-order valence-corrected chi connectivity index (χ0v) is 13.9. The van der Waals surface area contributed by atoms with E-state index in [1.165, 1.54) is 0 Å². The second-order valence-corrected chi connectivity index (χ2v) is 6.17. The van der Waals surface area contributed by atoms with Crippen molar-refractivity contribution in [2.75, 3.05) is 10.6 Å². The number of pyridine rings is 1. The van der Waals surface area contributed by atoms with Gasteiger partial charge < -0.3 is 10.6 Å². The Labute approximate surface area is 139 Å². The summed E-state index contributed by atoms with van der Waals surface area (Å²) in [5, 5.41) is 7.04. The van der Waals surface area contributed by atoms with E-state index in [-0.39, 0.29) is 5.91 Å². The van der Waals surface area contributed by atoms with Crippen LogP contribution in [0.4, 0.5) is 17.2 Å². The van der Waals surface area contributed by atoms with E-state index in [2.05, 4.69) is 15.6 Å². The third-order valence-corrected chi connectivity index (χ3v) is 3.40. The number of halogens is 2. The molecule has 0 aliphatic rings. The maximum Gasteiger partial charge on any atom is 0.224 e. The zero-order valence-electron chi connectivity index (χ0n) is 12.4. The minimum Gasteiger partial charge on any atom is -0.339 e. The second-order valence-electron chi connectivity index (χ2n) is 5.33. The van der Waals surface area contributed by atoms with Gasteiger partial charge in [0.2, 0.25) is 5.91 Å². The maximum atomic E-state index is 11.7. The molecule has 0 saturated carbocycles. The summed E-state index contributed by atoms with van der Waals surface area (Å²) >= 11 is 12.0. The molecule has 0 atom stereocenters. The number of amides is 1. The molecule has 116 valence electrons. The molecule has 2 rings (SSSR count). The van der Waals surface area contributed by atoms with Crippen LogP contribution in [-0.2, 0) is 4.79 Å². The van der Waals surface area contributed by atoms with Crippen molar-refractivity contribution in [1.82, 2.24) is 4.98 Å². The number of nitrogens with one attached hydrogen (secondary N) is 2. The summed E-state index contributed by atoms with van der Waals surface area (Å²) in [4.78, 5) is 15.9. The Balaban J connectivity index is 2.03. The smallest absolute Gasteiger partial charge is 0.224 e. The predicted molar refractivity (Wildman–Crippen MR) is 92.1 cm³/mol. The Morgan fingerprint density at radius 1 is 1.23 bits per heavy atom. The number of anilines is 3. The number of rotatable bonds is 5. The largest absolute Gasteiger partial charge is 0.339 e. The van der Waals surface area contributed by atoms with Crippen molar-refractivity contribution in [3.05, 3.63) is 46.6 Å². The number of carbonyl (C=O) groups excluding carboxylic acids is 1. The lowest BCUT2D eigenvalue weighted by molar-refractivity contribution is -0.116. The molecular formula is C16H17Cl2N3O. The van der Waals surface area contributed by atoms with Gasteiger partial charge in [-0.25, -0.2) is 4.98 Å². The second kappa shape index (κ2) is 7.47. The first-order chi connectivity index (χ1) is 10.4. The van der Waals surface area contributed by atoms with Crippen LogP contribution in [0.5, 0.6) is 0 Å². The number of nitrogens with zero attached hydrogens (tertiary/aromatic N) is 1. The highest BCUT2D eigenvalue weighted by Crippen LogP contribution is 2.28. The quantitative estimate of drug-likeness (QED) is 0.796. The van der Waals surface area contributed by atoms with E-state index in [0.29, 0.717) is 39.6 Å². The van der Waals surface area contributed by atoms with Crippen LogP contribution in [0.1, 0.15) is 20.3 Å². The van der Waals surface area contributed by atoms with Gasteiger partial charge in [-0.1, -0.05) is 37.0 Å². The number of benzene rings is 1. The molecule has 6 heteroatoms. The summed E-state index contributed by atoms with van der Waals surface area (Å²) in [6.07, 6.45) is 2.08. The van der Waals surface area contributed by atoms with Gasteiger partial charge in [-0.05, 0) is 36.2 Å². The van der Waals surface area contributed by atoms with Crippen molar-refractivity contribution in [3.8, 4) is 0 Å². The molecule has 0 aliphatic carbocycles. The Hall–Kier alpha value is -1.78. The molecule has 0 aliphatic heterocycles. The van der Waals surface area contributed by atoms with Gasteiger partial charge in [-0.2, -0.15) is 0 Å². The van der Waals surface area contributed by atoms with Crippen molar-refractivity contribution < 1.29 is 4.79 Å². The molecule has 0 saturated heterocycles. The number of carbonyl (C=O) groups is 1. The Kier molecular flexibility index (Phi) is 5.63. The van der Waals surface area contributed by atoms with E-state index in [4.69, 9.17) is 23.2 Å². The average Bonchev–Trinajstić information content (AvgIpc) is 2.44. The van der Waals surface area contributed by atoms with Gasteiger partial charge in [-0.3, -0.25) is 4.79 Å². The summed E-state index contributed by atoms with van der Waals surface area (Å²) in [6, 6.07) is 8.71.